The van der Waals surface area contributed by atoms with Gasteiger partial charge in [0.25, 0.3) is 5.91 Å². The number of carbonyl (C=O) groups is 1. The number of alkyl halides is 1. The maximum Gasteiger partial charge on any atom is 0.386 e. The van der Waals surface area contributed by atoms with Crippen molar-refractivity contribution in [2.75, 3.05) is 18.9 Å². The molecule has 6 rings (SSSR count). The lowest BCUT2D eigenvalue weighted by Crippen LogP contribution is -2.53. The summed E-state index contributed by atoms with van der Waals surface area (Å²) in [4.78, 5) is 44.9. The zero-order chi connectivity index (χ0) is 29.1. The van der Waals surface area contributed by atoms with E-state index in [1.54, 1.807) is 0 Å². The van der Waals surface area contributed by atoms with Crippen molar-refractivity contribution in [3.8, 4) is 0 Å². The fourth-order valence-electron chi connectivity index (χ4n) is 4.52. The van der Waals surface area contributed by atoms with Gasteiger partial charge in [-0.05, 0) is 11.8 Å². The van der Waals surface area contributed by atoms with Crippen LogP contribution in [0, 0.1) is 5.41 Å². The van der Waals surface area contributed by atoms with Gasteiger partial charge in [0, 0.05) is 6.54 Å². The van der Waals surface area contributed by atoms with Gasteiger partial charge >= 0.3 is 13.5 Å². The van der Waals surface area contributed by atoms with Gasteiger partial charge in [-0.3, -0.25) is 39.0 Å². The first-order valence-electron chi connectivity index (χ1n) is 11.7. The lowest BCUT2D eigenvalue weighted by molar-refractivity contribution is -0.119. The second-order valence-corrected chi connectivity index (χ2v) is 14.6. The number of nitrogen functional groups attached to an aromatic ring is 1. The Kier molecular flexibility index (Phi) is 7.46. The number of amides is 1. The number of nitrogens with zero attached hydrogens (tertiary/aromatic N) is 7. The van der Waals surface area contributed by atoms with Gasteiger partial charge < -0.3 is 24.5 Å². The van der Waals surface area contributed by atoms with E-state index in [1.807, 2.05) is 0 Å². The number of hydrogen-bond donors (Lipinski definition) is 5. The SMILES string of the molecule is N=C1N=C2C(N=CN2[C@H]2O[C@@H]3COP(=O)(S)OCCn4c(nc5c(N)ncnc54)COP(O)(=S)O[C@@H]2[C@H]3F)C(=O)N1. The molecule has 1 fully saturated rings. The van der Waals surface area contributed by atoms with Gasteiger partial charge in [0.15, 0.2) is 41.3 Å². The van der Waals surface area contributed by atoms with Crippen molar-refractivity contribution in [3.63, 3.8) is 0 Å². The van der Waals surface area contributed by atoms with Crippen LogP contribution in [-0.4, -0.2) is 97.2 Å². The maximum atomic E-state index is 15.8. The summed E-state index contributed by atoms with van der Waals surface area (Å²) in [5.74, 6) is -0.878. The predicted octanol–water partition coefficient (Wildman–Crippen LogP) is -0.150. The number of anilines is 1. The van der Waals surface area contributed by atoms with Crippen molar-refractivity contribution in [3.05, 3.63) is 12.2 Å². The Morgan fingerprint density at radius 1 is 1.32 bits per heavy atom. The molecule has 220 valence electrons. The number of guanidine groups is 1. The third kappa shape index (κ3) is 5.54. The molecule has 3 unspecified atom stereocenters. The quantitative estimate of drug-likeness (QED) is 0.200. The van der Waals surface area contributed by atoms with E-state index in [2.05, 4.69) is 42.5 Å². The first-order valence-corrected chi connectivity index (χ1v) is 17.0. The van der Waals surface area contributed by atoms with Crippen LogP contribution < -0.4 is 11.1 Å². The van der Waals surface area contributed by atoms with E-state index >= 15 is 4.39 Å². The Morgan fingerprint density at radius 3 is 2.93 bits per heavy atom. The Bertz CT molecular complexity index is 1590. The molecule has 18 nitrogen and oxygen atoms in total. The molecule has 41 heavy (non-hydrogen) atoms. The van der Waals surface area contributed by atoms with Crippen molar-refractivity contribution in [2.45, 2.75) is 43.8 Å². The van der Waals surface area contributed by atoms with E-state index in [0.717, 1.165) is 0 Å². The van der Waals surface area contributed by atoms with E-state index in [0.29, 0.717) is 5.65 Å². The Hall–Kier alpha value is -2.45. The Labute approximate surface area is 239 Å². The zero-order valence-corrected chi connectivity index (χ0v) is 24.0. The molecule has 5 N–H and O–H groups in total. The summed E-state index contributed by atoms with van der Waals surface area (Å²) in [6, 6.07) is -1.12. The number of imidazole rings is 1. The molecule has 1 saturated heterocycles. The molecule has 2 bridgehead atoms. The van der Waals surface area contributed by atoms with Gasteiger partial charge in [-0.1, -0.05) is 12.2 Å². The topological polar surface area (TPSA) is 234 Å². The van der Waals surface area contributed by atoms with Crippen LogP contribution in [0.15, 0.2) is 16.3 Å². The van der Waals surface area contributed by atoms with Gasteiger partial charge in [-0.2, -0.15) is 4.99 Å². The van der Waals surface area contributed by atoms with Gasteiger partial charge in [0.2, 0.25) is 5.96 Å². The van der Waals surface area contributed by atoms with Crippen molar-refractivity contribution in [1.82, 2.24) is 29.7 Å². The van der Waals surface area contributed by atoms with Crippen molar-refractivity contribution < 1.29 is 41.5 Å². The molecule has 0 saturated carbocycles. The molecule has 0 radical (unpaired) electrons. The Morgan fingerprint density at radius 2 is 2.12 bits per heavy atom. The molecule has 2 aromatic heterocycles. The minimum absolute atomic E-state index is 0.0330. The van der Waals surface area contributed by atoms with Gasteiger partial charge in [-0.25, -0.2) is 23.9 Å². The van der Waals surface area contributed by atoms with Crippen LogP contribution in [0.2, 0.25) is 0 Å². The van der Waals surface area contributed by atoms with E-state index in [4.69, 9.17) is 45.8 Å². The molecule has 4 aliphatic rings. The number of ether oxygens (including phenoxy) is 1. The van der Waals surface area contributed by atoms with E-state index in [-0.39, 0.29) is 36.1 Å². The zero-order valence-electron chi connectivity index (χ0n) is 20.5. The second kappa shape index (κ2) is 10.7. The van der Waals surface area contributed by atoms with Gasteiger partial charge in [-0.15, -0.1) is 0 Å². The summed E-state index contributed by atoms with van der Waals surface area (Å²) in [6.07, 6.45) is -4.10. The van der Waals surface area contributed by atoms with Crippen LogP contribution in [0.1, 0.15) is 5.82 Å². The molecular weight excluding hydrogens is 629 g/mol. The first kappa shape index (κ1) is 28.7. The molecule has 23 heteroatoms. The summed E-state index contributed by atoms with van der Waals surface area (Å²) in [5.41, 5.74) is 6.45. The number of carbonyl (C=O) groups excluding carboxylic acids is 1. The highest BCUT2D eigenvalue weighted by Crippen LogP contribution is 2.54. The van der Waals surface area contributed by atoms with Crippen molar-refractivity contribution in [2.24, 2.45) is 9.98 Å². The molecule has 6 heterocycles. The number of aromatic nitrogens is 4. The molecular formula is C18H21FN10O8P2S2. The van der Waals surface area contributed by atoms with Crippen LogP contribution >= 0.6 is 25.8 Å². The normalized spacial score (nSPS) is 36.3. The van der Waals surface area contributed by atoms with Gasteiger partial charge in [0.1, 0.15) is 31.0 Å². The van der Waals surface area contributed by atoms with Crippen LogP contribution in [0.4, 0.5) is 10.2 Å². The number of nitrogens with one attached hydrogen (secondary N) is 2. The van der Waals surface area contributed by atoms with E-state index in [9.17, 15) is 14.3 Å². The van der Waals surface area contributed by atoms with Crippen molar-refractivity contribution >= 4 is 78.6 Å². The monoisotopic (exact) mass is 650 g/mol. The molecule has 0 aliphatic carbocycles. The fourth-order valence-corrected chi connectivity index (χ4v) is 7.01. The Balaban J connectivity index is 1.34. The number of rotatable bonds is 1. The minimum Gasteiger partial charge on any atom is -0.382 e. The standard InChI is InChI=1S/C18H21FN10O8P2S2/c19-9-7-3-34-38(31,40)33-2-1-28-8(25-10-13(20)22-5-23-14(10)28)4-35-39(32,41)37-12(9)17(36-7)29-6-24-11-15(29)26-18(21)27-16(11)30/h5-7,9,11-12,17H,1-4H2,(H,31,40)(H,32,41)(H2,20,22,23)(H2,21,27,30)/t7-,9+,11?,12-,17+,38?,39?/m1/s1. The van der Waals surface area contributed by atoms with Crippen LogP contribution in [0.5, 0.6) is 0 Å². The van der Waals surface area contributed by atoms with E-state index < -0.39 is 69.2 Å². The highest BCUT2D eigenvalue weighted by molar-refractivity contribution is 8.44. The van der Waals surface area contributed by atoms with Crippen LogP contribution in [-0.2, 0) is 57.1 Å². The molecule has 0 aromatic carbocycles. The third-order valence-electron chi connectivity index (χ3n) is 6.33. The van der Waals surface area contributed by atoms with Gasteiger partial charge in [0.05, 0.1) is 19.6 Å². The lowest BCUT2D eigenvalue weighted by Gasteiger charge is -2.31. The molecule has 4 aliphatic heterocycles. The average molecular weight is 651 g/mol. The lowest BCUT2D eigenvalue weighted by atomic mass is 10.1. The highest BCUT2D eigenvalue weighted by Gasteiger charge is 2.54. The average Bonchev–Trinajstić information content (AvgIpc) is 3.56. The van der Waals surface area contributed by atoms with Crippen LogP contribution in [0.25, 0.3) is 11.2 Å². The molecule has 0 spiro atoms. The third-order valence-corrected chi connectivity index (χ3v) is 9.54. The number of hydrogen-bond acceptors (Lipinski definition) is 15. The maximum absolute atomic E-state index is 15.8. The summed E-state index contributed by atoms with van der Waals surface area (Å²) in [6.45, 7) is -9.44. The minimum atomic E-state index is -4.21. The number of aliphatic imine (C=N–C) groups is 2. The fraction of sp³-hybridized carbons (Fsp3) is 0.500. The second-order valence-electron chi connectivity index (χ2n) is 8.91. The smallest absolute Gasteiger partial charge is 0.382 e. The number of fused-ring (bicyclic) bond motifs is 6. The van der Waals surface area contributed by atoms with Crippen LogP contribution in [0.3, 0.4) is 0 Å². The first-order chi connectivity index (χ1) is 19.4. The summed E-state index contributed by atoms with van der Waals surface area (Å²) >= 11 is 9.17. The molecule has 7 atom stereocenters. The number of thiol groups is 1. The highest BCUT2D eigenvalue weighted by atomic mass is 32.7. The van der Waals surface area contributed by atoms with Crippen molar-refractivity contribution in [1.29, 1.82) is 5.41 Å². The number of halogens is 1. The predicted molar refractivity (Wildman–Crippen MR) is 145 cm³/mol. The molecule has 1 amide bonds. The summed E-state index contributed by atoms with van der Waals surface area (Å²) in [5, 5.41) is 9.99. The summed E-state index contributed by atoms with van der Waals surface area (Å²) in [7, 11) is 0. The summed E-state index contributed by atoms with van der Waals surface area (Å²) < 4.78 is 57.9. The number of nitrogens with two attached hydrogens (primary N) is 1. The van der Waals surface area contributed by atoms with E-state index in [1.165, 1.54) is 22.1 Å². The molecule has 2 aromatic rings. The largest absolute Gasteiger partial charge is 0.386 e. The number of amidine groups is 1.